The third kappa shape index (κ3) is 3.70. The topological polar surface area (TPSA) is 46.4 Å². The second-order valence-electron chi connectivity index (χ2n) is 5.65. The first kappa shape index (κ1) is 19.1. The predicted octanol–water partition coefficient (Wildman–Crippen LogP) is 3.75. The summed E-state index contributed by atoms with van der Waals surface area (Å²) in [7, 11) is 0. The van der Waals surface area contributed by atoms with Crippen LogP contribution in [0.3, 0.4) is 0 Å². The van der Waals surface area contributed by atoms with Gasteiger partial charge in [0.1, 0.15) is 5.65 Å². The van der Waals surface area contributed by atoms with E-state index < -0.39 is 0 Å². The first-order valence-corrected chi connectivity index (χ1v) is 8.41. The van der Waals surface area contributed by atoms with Crippen LogP contribution in [-0.2, 0) is 4.79 Å². The Morgan fingerprint density at radius 2 is 2.08 bits per heavy atom. The second-order valence-corrected chi connectivity index (χ2v) is 6.74. The SMILES string of the molecule is Cl.Cl.O=C(/C=C/C1=Cc2cnc3cccc(n23)S1)C1CCNCC1. The molecule has 4 rings (SSSR count). The normalized spacial score (nSPS) is 17.2. The minimum atomic E-state index is 0. The van der Waals surface area contributed by atoms with E-state index in [1.807, 2.05) is 24.4 Å². The van der Waals surface area contributed by atoms with Crippen molar-refractivity contribution in [3.05, 3.63) is 47.1 Å². The van der Waals surface area contributed by atoms with Crippen LogP contribution >= 0.6 is 36.6 Å². The molecule has 0 bridgehead atoms. The zero-order chi connectivity index (χ0) is 14.9. The van der Waals surface area contributed by atoms with Crippen LogP contribution in [0.15, 0.2) is 46.5 Å². The summed E-state index contributed by atoms with van der Waals surface area (Å²) in [4.78, 5) is 17.7. The van der Waals surface area contributed by atoms with Crippen LogP contribution in [0, 0.1) is 5.92 Å². The molecule has 0 amide bonds. The number of piperidine rings is 1. The fraction of sp³-hybridized carbons (Fsp3) is 0.294. The number of pyridine rings is 1. The van der Waals surface area contributed by atoms with E-state index in [2.05, 4.69) is 26.8 Å². The third-order valence-corrected chi connectivity index (χ3v) is 5.20. The molecule has 2 aromatic heterocycles. The Kier molecular flexibility index (Phi) is 6.52. The highest BCUT2D eigenvalue weighted by atomic mass is 35.5. The van der Waals surface area contributed by atoms with E-state index in [4.69, 9.17) is 0 Å². The molecule has 1 saturated heterocycles. The van der Waals surface area contributed by atoms with Crippen LogP contribution in [0.4, 0.5) is 0 Å². The highest BCUT2D eigenvalue weighted by Gasteiger charge is 2.19. The Balaban J connectivity index is 0.00000104. The molecule has 24 heavy (non-hydrogen) atoms. The number of thioether (sulfide) groups is 1. The molecule has 128 valence electrons. The van der Waals surface area contributed by atoms with Crippen LogP contribution in [0.1, 0.15) is 18.5 Å². The van der Waals surface area contributed by atoms with Crippen LogP contribution in [0.5, 0.6) is 0 Å². The van der Waals surface area contributed by atoms with Gasteiger partial charge in [0.15, 0.2) is 5.78 Å². The molecule has 2 aromatic rings. The van der Waals surface area contributed by atoms with Crippen molar-refractivity contribution in [1.29, 1.82) is 0 Å². The zero-order valence-electron chi connectivity index (χ0n) is 13.0. The maximum Gasteiger partial charge on any atom is 0.158 e. The van der Waals surface area contributed by atoms with Gasteiger partial charge in [-0.05, 0) is 56.3 Å². The molecular formula is C17H19Cl2N3OS. The Hall–Kier alpha value is -1.27. The Bertz CT molecular complexity index is 794. The van der Waals surface area contributed by atoms with Gasteiger partial charge in [0.2, 0.25) is 0 Å². The van der Waals surface area contributed by atoms with E-state index in [-0.39, 0.29) is 36.5 Å². The molecule has 0 aromatic carbocycles. The zero-order valence-corrected chi connectivity index (χ0v) is 15.4. The number of nitrogens with one attached hydrogen (secondary N) is 1. The number of ketones is 1. The van der Waals surface area contributed by atoms with Gasteiger partial charge < -0.3 is 5.32 Å². The molecule has 0 spiro atoms. The predicted molar refractivity (Wildman–Crippen MR) is 103 cm³/mol. The molecule has 7 heteroatoms. The van der Waals surface area contributed by atoms with Crippen LogP contribution in [0.25, 0.3) is 11.7 Å². The van der Waals surface area contributed by atoms with Gasteiger partial charge in [-0.1, -0.05) is 17.8 Å². The van der Waals surface area contributed by atoms with Crippen molar-refractivity contribution < 1.29 is 4.79 Å². The monoisotopic (exact) mass is 383 g/mol. The second kappa shape index (κ2) is 8.21. The number of carbonyl (C=O) groups is 1. The summed E-state index contributed by atoms with van der Waals surface area (Å²) in [5.41, 5.74) is 2.03. The van der Waals surface area contributed by atoms with Crippen LogP contribution in [-0.4, -0.2) is 28.3 Å². The summed E-state index contributed by atoms with van der Waals surface area (Å²) in [6, 6.07) is 6.10. The summed E-state index contributed by atoms with van der Waals surface area (Å²) >= 11 is 1.68. The minimum Gasteiger partial charge on any atom is -0.317 e. The molecular weight excluding hydrogens is 365 g/mol. The number of imidazole rings is 1. The van der Waals surface area contributed by atoms with E-state index in [1.165, 1.54) is 0 Å². The van der Waals surface area contributed by atoms with Crippen molar-refractivity contribution in [2.45, 2.75) is 17.9 Å². The van der Waals surface area contributed by atoms with Crippen molar-refractivity contribution in [2.24, 2.45) is 5.92 Å². The van der Waals surface area contributed by atoms with Gasteiger partial charge in [-0.3, -0.25) is 9.20 Å². The lowest BCUT2D eigenvalue weighted by Crippen LogP contribution is -2.31. The average Bonchev–Trinajstić information content (AvgIpc) is 2.98. The third-order valence-electron chi connectivity index (χ3n) is 4.19. The summed E-state index contributed by atoms with van der Waals surface area (Å²) in [5, 5.41) is 4.43. The number of aromatic nitrogens is 2. The van der Waals surface area contributed by atoms with Gasteiger partial charge in [-0.25, -0.2) is 4.98 Å². The molecule has 1 fully saturated rings. The minimum absolute atomic E-state index is 0. The lowest BCUT2D eigenvalue weighted by atomic mass is 9.93. The Morgan fingerprint density at radius 1 is 1.29 bits per heavy atom. The fourth-order valence-corrected chi connectivity index (χ4v) is 3.99. The molecule has 0 atom stereocenters. The molecule has 0 saturated carbocycles. The van der Waals surface area contributed by atoms with Crippen molar-refractivity contribution in [3.8, 4) is 0 Å². The van der Waals surface area contributed by atoms with E-state index >= 15 is 0 Å². The lowest BCUT2D eigenvalue weighted by Gasteiger charge is -2.20. The van der Waals surface area contributed by atoms with Crippen LogP contribution < -0.4 is 5.32 Å². The summed E-state index contributed by atoms with van der Waals surface area (Å²) < 4.78 is 2.14. The quantitative estimate of drug-likeness (QED) is 0.819. The molecule has 4 heterocycles. The smallest absolute Gasteiger partial charge is 0.158 e. The highest BCUT2D eigenvalue weighted by Crippen LogP contribution is 2.35. The van der Waals surface area contributed by atoms with Gasteiger partial charge in [0.25, 0.3) is 0 Å². The summed E-state index contributed by atoms with van der Waals surface area (Å²) in [6.45, 7) is 1.89. The van der Waals surface area contributed by atoms with E-state index in [0.29, 0.717) is 0 Å². The molecule has 2 aliphatic rings. The highest BCUT2D eigenvalue weighted by molar-refractivity contribution is 8.03. The summed E-state index contributed by atoms with van der Waals surface area (Å²) in [5.74, 6) is 0.431. The summed E-state index contributed by atoms with van der Waals surface area (Å²) in [6.07, 6.45) is 9.55. The largest absolute Gasteiger partial charge is 0.317 e. The first-order chi connectivity index (χ1) is 10.8. The fourth-order valence-electron chi connectivity index (χ4n) is 3.00. The Morgan fingerprint density at radius 3 is 2.88 bits per heavy atom. The molecule has 0 radical (unpaired) electrons. The van der Waals surface area contributed by atoms with Crippen molar-refractivity contribution in [3.63, 3.8) is 0 Å². The van der Waals surface area contributed by atoms with Gasteiger partial charge in [-0.2, -0.15) is 0 Å². The molecule has 1 N–H and O–H groups in total. The average molecular weight is 384 g/mol. The Labute approximate surface area is 157 Å². The van der Waals surface area contributed by atoms with E-state index in [1.54, 1.807) is 17.8 Å². The number of halogens is 2. The standard InChI is InChI=1S/C17H17N3OS.2ClH/c21-15(12-6-8-18-9-7-12)5-4-14-10-13-11-19-16-2-1-3-17(22-14)20(13)16;;/h1-5,10-12,18H,6-9H2;2*1H/b5-4+;;. The van der Waals surface area contributed by atoms with Crippen molar-refractivity contribution in [1.82, 2.24) is 14.7 Å². The molecule has 2 aliphatic heterocycles. The van der Waals surface area contributed by atoms with E-state index in [0.717, 1.165) is 47.2 Å². The van der Waals surface area contributed by atoms with Gasteiger partial charge >= 0.3 is 0 Å². The van der Waals surface area contributed by atoms with Crippen LogP contribution in [0.2, 0.25) is 0 Å². The lowest BCUT2D eigenvalue weighted by molar-refractivity contribution is -0.118. The van der Waals surface area contributed by atoms with Gasteiger partial charge in [-0.15, -0.1) is 24.8 Å². The number of nitrogens with zero attached hydrogens (tertiary/aromatic N) is 2. The maximum absolute atomic E-state index is 12.3. The van der Waals surface area contributed by atoms with E-state index in [9.17, 15) is 4.79 Å². The first-order valence-electron chi connectivity index (χ1n) is 7.60. The number of hydrogen-bond acceptors (Lipinski definition) is 4. The maximum atomic E-state index is 12.3. The van der Waals surface area contributed by atoms with Gasteiger partial charge in [0, 0.05) is 10.8 Å². The number of carbonyl (C=O) groups excluding carboxylic acids is 1. The number of allylic oxidation sites excluding steroid dienone is 2. The molecule has 0 unspecified atom stereocenters. The van der Waals surface area contributed by atoms with Crippen molar-refractivity contribution in [2.75, 3.05) is 13.1 Å². The number of hydrogen-bond donors (Lipinski definition) is 1. The van der Waals surface area contributed by atoms with Gasteiger partial charge in [0.05, 0.1) is 16.9 Å². The molecule has 0 aliphatic carbocycles. The van der Waals surface area contributed by atoms with Crippen molar-refractivity contribution >= 4 is 54.1 Å². The molecule has 4 nitrogen and oxygen atoms in total. The number of rotatable bonds is 3.